The Hall–Kier alpha value is -0.710. The van der Waals surface area contributed by atoms with E-state index in [-0.39, 0.29) is 10.2 Å². The number of carbonyl (C=O) groups excluding carboxylic acids is 1. The molecule has 2 N–H and O–H groups in total. The number of carboxylic acids is 1. The minimum Gasteiger partial charge on any atom is -0.474 e. The summed E-state index contributed by atoms with van der Waals surface area (Å²) in [4.78, 5) is 21.1. The molecule has 4 nitrogen and oxygen atoms in total. The molecule has 0 radical (unpaired) electrons. The van der Waals surface area contributed by atoms with Crippen LogP contribution in [0.1, 0.15) is 34.1 Å². The third-order valence-electron chi connectivity index (χ3n) is 1.83. The van der Waals surface area contributed by atoms with Gasteiger partial charge >= 0.3 is 11.9 Å². The highest BCUT2D eigenvalue weighted by atomic mass is 32.1. The first-order valence-electron chi connectivity index (χ1n) is 4.77. The third kappa shape index (κ3) is 7.25. The second-order valence-corrected chi connectivity index (χ2v) is 6.35. The Balaban J connectivity index is 4.16. The molecule has 0 aliphatic carbocycles. The van der Waals surface area contributed by atoms with Crippen molar-refractivity contribution in [1.29, 1.82) is 0 Å². The molecule has 0 unspecified atom stereocenters. The van der Waals surface area contributed by atoms with Crippen LogP contribution in [-0.2, 0) is 9.59 Å². The molecular formula is C10H19NO3S. The van der Waals surface area contributed by atoms with Crippen molar-refractivity contribution in [1.82, 2.24) is 5.32 Å². The molecule has 0 spiro atoms. The summed E-state index contributed by atoms with van der Waals surface area (Å²) in [5, 5.41) is 10.8. The van der Waals surface area contributed by atoms with Crippen LogP contribution in [0.15, 0.2) is 0 Å². The predicted molar refractivity (Wildman–Crippen MR) is 62.1 cm³/mol. The van der Waals surface area contributed by atoms with Crippen molar-refractivity contribution in [2.45, 2.75) is 38.9 Å². The molecule has 1 amide bonds. The molecule has 0 bridgehead atoms. The number of nitrogens with one attached hydrogen (secondary N) is 1. The summed E-state index contributed by atoms with van der Waals surface area (Å²) in [6.07, 6.45) is 0.781. The average Bonchev–Trinajstić information content (AvgIpc) is 1.95. The molecule has 5 heteroatoms. The van der Waals surface area contributed by atoms with Crippen molar-refractivity contribution < 1.29 is 14.7 Å². The second-order valence-electron chi connectivity index (χ2n) is 5.14. The number of carbonyl (C=O) groups is 2. The number of amides is 1. The van der Waals surface area contributed by atoms with Crippen LogP contribution in [0.2, 0.25) is 0 Å². The van der Waals surface area contributed by atoms with E-state index >= 15 is 0 Å². The number of hydrogen-bond donors (Lipinski definition) is 3. The zero-order valence-electron chi connectivity index (χ0n) is 9.63. The highest BCUT2D eigenvalue weighted by Crippen LogP contribution is 2.30. The van der Waals surface area contributed by atoms with Crippen LogP contribution in [0.4, 0.5) is 0 Å². The second kappa shape index (κ2) is 4.88. The van der Waals surface area contributed by atoms with Gasteiger partial charge in [-0.25, -0.2) is 4.79 Å². The number of aliphatic carboxylic acids is 1. The van der Waals surface area contributed by atoms with Gasteiger partial charge < -0.3 is 10.4 Å². The van der Waals surface area contributed by atoms with E-state index in [2.05, 4.69) is 17.9 Å². The molecule has 0 fully saturated rings. The van der Waals surface area contributed by atoms with Crippen LogP contribution < -0.4 is 5.32 Å². The Kier molecular flexibility index (Phi) is 4.65. The fraction of sp³-hybridized carbons (Fsp3) is 0.800. The highest BCUT2D eigenvalue weighted by Gasteiger charge is 2.27. The van der Waals surface area contributed by atoms with E-state index in [1.165, 1.54) is 0 Å². The first-order valence-corrected chi connectivity index (χ1v) is 5.22. The van der Waals surface area contributed by atoms with Gasteiger partial charge in [-0.05, 0) is 11.8 Å². The van der Waals surface area contributed by atoms with E-state index in [0.29, 0.717) is 6.54 Å². The van der Waals surface area contributed by atoms with Gasteiger partial charge in [-0.1, -0.05) is 27.7 Å². The van der Waals surface area contributed by atoms with E-state index in [0.717, 1.165) is 6.42 Å². The summed E-state index contributed by atoms with van der Waals surface area (Å²) in [7, 11) is 0. The Morgan fingerprint density at radius 3 is 2.07 bits per heavy atom. The largest absolute Gasteiger partial charge is 0.474 e. The van der Waals surface area contributed by atoms with Crippen LogP contribution in [0.3, 0.4) is 0 Å². The molecule has 0 aromatic rings. The van der Waals surface area contributed by atoms with Gasteiger partial charge in [0.2, 0.25) is 0 Å². The van der Waals surface area contributed by atoms with E-state index in [1.54, 1.807) is 0 Å². The maximum atomic E-state index is 10.8. The van der Waals surface area contributed by atoms with Crippen molar-refractivity contribution in [2.75, 3.05) is 6.54 Å². The zero-order valence-corrected chi connectivity index (χ0v) is 10.5. The minimum absolute atomic E-state index is 0.141. The number of rotatable bonds is 4. The zero-order chi connectivity index (χ0) is 12.3. The van der Waals surface area contributed by atoms with Crippen molar-refractivity contribution in [3.8, 4) is 0 Å². The van der Waals surface area contributed by atoms with Crippen LogP contribution in [0.5, 0.6) is 0 Å². The number of carboxylic acid groups (broad SMARTS) is 1. The van der Waals surface area contributed by atoms with Crippen LogP contribution >= 0.6 is 12.6 Å². The topological polar surface area (TPSA) is 66.4 Å². The quantitative estimate of drug-likeness (QED) is 0.506. The fourth-order valence-electron chi connectivity index (χ4n) is 1.63. The lowest BCUT2D eigenvalue weighted by Crippen LogP contribution is -2.39. The Morgan fingerprint density at radius 2 is 1.73 bits per heavy atom. The normalized spacial score (nSPS) is 12.3. The first-order chi connectivity index (χ1) is 6.53. The molecule has 0 rings (SSSR count). The smallest absolute Gasteiger partial charge is 0.394 e. The summed E-state index contributed by atoms with van der Waals surface area (Å²) in [6.45, 7) is 8.23. The summed E-state index contributed by atoms with van der Waals surface area (Å²) < 4.78 is -0.141. The van der Waals surface area contributed by atoms with Crippen LogP contribution in [0, 0.1) is 5.41 Å². The Bertz CT molecular complexity index is 256. The van der Waals surface area contributed by atoms with Gasteiger partial charge in [0, 0.05) is 11.3 Å². The Labute approximate surface area is 95.8 Å². The molecule has 0 atom stereocenters. The van der Waals surface area contributed by atoms with Gasteiger partial charge in [0.25, 0.3) is 0 Å². The number of hydrogen-bond acceptors (Lipinski definition) is 3. The molecule has 0 heterocycles. The first kappa shape index (κ1) is 14.3. The fourth-order valence-corrected chi connectivity index (χ4v) is 2.06. The standard InChI is InChI=1S/C10H19NO3S/c1-9(2,5-10(3,4)15)6-11-7(12)8(13)14/h15H,5-6H2,1-4H3,(H,11,12)(H,13,14). The summed E-state index contributed by atoms with van der Waals surface area (Å²) >= 11 is 4.40. The summed E-state index contributed by atoms with van der Waals surface area (Å²) in [5.74, 6) is -2.41. The van der Waals surface area contributed by atoms with Gasteiger partial charge in [0.1, 0.15) is 0 Å². The van der Waals surface area contributed by atoms with E-state index < -0.39 is 11.9 Å². The molecule has 0 aromatic carbocycles. The maximum Gasteiger partial charge on any atom is 0.394 e. The summed E-state index contributed by atoms with van der Waals surface area (Å²) in [6, 6.07) is 0. The molecule has 0 saturated carbocycles. The van der Waals surface area contributed by atoms with Gasteiger partial charge in [0.05, 0.1) is 0 Å². The predicted octanol–water partition coefficient (Wildman–Crippen LogP) is 1.31. The minimum atomic E-state index is -1.45. The molecule has 88 valence electrons. The lowest BCUT2D eigenvalue weighted by atomic mass is 9.83. The molecular weight excluding hydrogens is 214 g/mol. The SMILES string of the molecule is CC(C)(S)CC(C)(C)CNC(=O)C(=O)O. The molecule has 0 aliphatic rings. The van der Waals surface area contributed by atoms with Crippen molar-refractivity contribution in [2.24, 2.45) is 5.41 Å². The molecule has 0 aromatic heterocycles. The van der Waals surface area contributed by atoms with Gasteiger partial charge in [-0.3, -0.25) is 4.79 Å². The van der Waals surface area contributed by atoms with Gasteiger partial charge in [-0.2, -0.15) is 12.6 Å². The van der Waals surface area contributed by atoms with Gasteiger partial charge in [-0.15, -0.1) is 0 Å². The average molecular weight is 233 g/mol. The summed E-state index contributed by atoms with van der Waals surface area (Å²) in [5.41, 5.74) is -0.170. The lowest BCUT2D eigenvalue weighted by Gasteiger charge is -2.31. The van der Waals surface area contributed by atoms with Crippen molar-refractivity contribution in [3.63, 3.8) is 0 Å². The molecule has 0 aliphatic heterocycles. The monoisotopic (exact) mass is 233 g/mol. The Morgan fingerprint density at radius 1 is 1.27 bits per heavy atom. The third-order valence-corrected chi connectivity index (χ3v) is 1.99. The van der Waals surface area contributed by atoms with E-state index in [9.17, 15) is 9.59 Å². The molecule has 15 heavy (non-hydrogen) atoms. The number of thiol groups is 1. The van der Waals surface area contributed by atoms with Crippen molar-refractivity contribution >= 4 is 24.5 Å². The van der Waals surface area contributed by atoms with E-state index in [4.69, 9.17) is 5.11 Å². The lowest BCUT2D eigenvalue weighted by molar-refractivity contribution is -0.150. The maximum absolute atomic E-state index is 10.8. The molecule has 0 saturated heterocycles. The van der Waals surface area contributed by atoms with Crippen LogP contribution in [0.25, 0.3) is 0 Å². The van der Waals surface area contributed by atoms with E-state index in [1.807, 2.05) is 27.7 Å². The highest BCUT2D eigenvalue weighted by molar-refractivity contribution is 7.81. The van der Waals surface area contributed by atoms with Gasteiger partial charge in [0.15, 0.2) is 0 Å². The van der Waals surface area contributed by atoms with Crippen LogP contribution in [-0.4, -0.2) is 28.3 Å². The van der Waals surface area contributed by atoms with Crippen molar-refractivity contribution in [3.05, 3.63) is 0 Å².